The minimum absolute atomic E-state index is 0.0163. The summed E-state index contributed by atoms with van der Waals surface area (Å²) in [4.78, 5) is 12.0. The summed E-state index contributed by atoms with van der Waals surface area (Å²) in [7, 11) is 0. The third-order valence-corrected chi connectivity index (χ3v) is 8.17. The van der Waals surface area contributed by atoms with Crippen LogP contribution >= 0.6 is 0 Å². The van der Waals surface area contributed by atoms with Gasteiger partial charge < -0.3 is 24.3 Å². The van der Waals surface area contributed by atoms with Crippen LogP contribution in [0, 0.1) is 5.92 Å². The van der Waals surface area contributed by atoms with Gasteiger partial charge in [0.1, 0.15) is 11.5 Å². The highest BCUT2D eigenvalue weighted by molar-refractivity contribution is 5.72. The van der Waals surface area contributed by atoms with Crippen molar-refractivity contribution in [2.24, 2.45) is 5.92 Å². The van der Waals surface area contributed by atoms with Crippen LogP contribution in [0.15, 0.2) is 48.5 Å². The number of rotatable bonds is 11. The fourth-order valence-corrected chi connectivity index (χ4v) is 6.21. The molecule has 41 heavy (non-hydrogen) atoms. The Labute approximate surface area is 240 Å². The molecule has 0 radical (unpaired) electrons. The minimum atomic E-state index is -4.71. The molecule has 1 heterocycles. The number of hydrogen-bond acceptors (Lipinski definition) is 6. The Bertz CT molecular complexity index is 1110. The lowest BCUT2D eigenvalue weighted by Crippen LogP contribution is -2.45. The Morgan fingerprint density at radius 3 is 2.27 bits per heavy atom. The molecule has 1 saturated heterocycles. The van der Waals surface area contributed by atoms with E-state index in [1.165, 1.54) is 12.1 Å². The predicted octanol–water partition coefficient (Wildman–Crippen LogP) is 7.09. The van der Waals surface area contributed by atoms with E-state index in [-0.39, 0.29) is 34.8 Å². The molecule has 2 aliphatic rings. The molecule has 1 aliphatic carbocycles. The molecule has 1 aliphatic heterocycles. The largest absolute Gasteiger partial charge is 0.573 e. The Balaban J connectivity index is 1.28. The highest BCUT2D eigenvalue weighted by Crippen LogP contribution is 2.44. The molecule has 0 spiro atoms. The summed E-state index contributed by atoms with van der Waals surface area (Å²) in [6.45, 7) is 8.41. The van der Waals surface area contributed by atoms with Gasteiger partial charge in [0, 0.05) is 18.6 Å². The maximum absolute atomic E-state index is 12.6. The van der Waals surface area contributed by atoms with E-state index in [9.17, 15) is 18.0 Å². The summed E-state index contributed by atoms with van der Waals surface area (Å²) in [5.41, 5.74) is 1.60. The quantitative estimate of drug-likeness (QED) is 0.227. The second-order valence-electron chi connectivity index (χ2n) is 11.8. The van der Waals surface area contributed by atoms with Crippen molar-refractivity contribution in [2.75, 3.05) is 19.8 Å². The molecule has 1 atom stereocenters. The molecule has 0 bridgehead atoms. The first-order chi connectivity index (χ1) is 19.5. The number of nitrogens with one attached hydrogen (secondary N) is 1. The average molecular weight is 578 g/mol. The summed E-state index contributed by atoms with van der Waals surface area (Å²) in [5, 5.41) is 3.54. The van der Waals surface area contributed by atoms with Gasteiger partial charge in [0.15, 0.2) is 0 Å². The van der Waals surface area contributed by atoms with Crippen molar-refractivity contribution < 1.29 is 36.9 Å². The van der Waals surface area contributed by atoms with Gasteiger partial charge >= 0.3 is 12.3 Å². The first-order valence-electron chi connectivity index (χ1n) is 14.6. The monoisotopic (exact) mass is 577 g/mol. The normalized spacial score (nSPS) is 24.4. The van der Waals surface area contributed by atoms with Gasteiger partial charge in [-0.05, 0) is 108 Å². The highest BCUT2D eigenvalue weighted by atomic mass is 19.4. The van der Waals surface area contributed by atoms with Crippen molar-refractivity contribution in [1.29, 1.82) is 0 Å². The number of hydrogen-bond donors (Lipinski definition) is 1. The lowest BCUT2D eigenvalue weighted by Gasteiger charge is -2.45. The number of alkyl halides is 3. The summed E-state index contributed by atoms with van der Waals surface area (Å²) < 4.78 is 59.3. The zero-order valence-electron chi connectivity index (χ0n) is 24.2. The topological polar surface area (TPSA) is 66.0 Å². The van der Waals surface area contributed by atoms with E-state index >= 15 is 0 Å². The molecule has 1 unspecified atom stereocenters. The number of carbonyl (C=O) groups is 1. The molecule has 2 fully saturated rings. The molecule has 226 valence electrons. The number of esters is 1. The average Bonchev–Trinajstić information content (AvgIpc) is 2.91. The van der Waals surface area contributed by atoms with E-state index in [4.69, 9.17) is 14.2 Å². The molecule has 2 aromatic carbocycles. The Kier molecular flexibility index (Phi) is 10.2. The highest BCUT2D eigenvalue weighted by Gasteiger charge is 2.42. The molecule has 2 aromatic rings. The van der Waals surface area contributed by atoms with E-state index in [0.717, 1.165) is 68.4 Å². The van der Waals surface area contributed by atoms with Crippen molar-refractivity contribution in [3.8, 4) is 11.5 Å². The smallest absolute Gasteiger partial charge is 0.490 e. The van der Waals surface area contributed by atoms with Crippen LogP contribution in [0.1, 0.15) is 76.8 Å². The van der Waals surface area contributed by atoms with Gasteiger partial charge in [0.25, 0.3) is 0 Å². The van der Waals surface area contributed by atoms with Crippen LogP contribution in [0.5, 0.6) is 11.5 Å². The van der Waals surface area contributed by atoms with E-state index < -0.39 is 6.36 Å². The van der Waals surface area contributed by atoms with E-state index in [1.807, 2.05) is 19.1 Å². The number of benzene rings is 2. The zero-order valence-corrected chi connectivity index (χ0v) is 24.2. The first-order valence-corrected chi connectivity index (χ1v) is 14.6. The van der Waals surface area contributed by atoms with E-state index in [0.29, 0.717) is 19.8 Å². The molecule has 1 saturated carbocycles. The van der Waals surface area contributed by atoms with Gasteiger partial charge in [0.2, 0.25) is 0 Å². The fourth-order valence-electron chi connectivity index (χ4n) is 6.21. The minimum Gasteiger partial charge on any atom is -0.490 e. The van der Waals surface area contributed by atoms with Crippen molar-refractivity contribution >= 4 is 5.97 Å². The van der Waals surface area contributed by atoms with Gasteiger partial charge in [0.05, 0.1) is 24.2 Å². The lowest BCUT2D eigenvalue weighted by molar-refractivity contribution is -0.274. The predicted molar refractivity (Wildman–Crippen MR) is 150 cm³/mol. The second kappa shape index (κ2) is 13.5. The molecule has 4 rings (SSSR count). The summed E-state index contributed by atoms with van der Waals surface area (Å²) in [6, 6.07) is 14.4. The van der Waals surface area contributed by atoms with Crippen LogP contribution in [-0.4, -0.2) is 43.8 Å². The van der Waals surface area contributed by atoms with Crippen LogP contribution < -0.4 is 14.8 Å². The van der Waals surface area contributed by atoms with Crippen LogP contribution in [0.25, 0.3) is 0 Å². The summed E-state index contributed by atoms with van der Waals surface area (Å²) >= 11 is 0. The van der Waals surface area contributed by atoms with Crippen molar-refractivity contribution in [2.45, 2.75) is 95.7 Å². The van der Waals surface area contributed by atoms with E-state index in [2.05, 4.69) is 36.0 Å². The van der Waals surface area contributed by atoms with Gasteiger partial charge in [-0.1, -0.05) is 24.3 Å². The summed E-state index contributed by atoms with van der Waals surface area (Å²) in [6.07, 6.45) is 1.07. The van der Waals surface area contributed by atoms with Gasteiger partial charge in [-0.25, -0.2) is 0 Å². The van der Waals surface area contributed by atoms with Gasteiger partial charge in [-0.3, -0.25) is 4.79 Å². The van der Waals surface area contributed by atoms with Gasteiger partial charge in [-0.2, -0.15) is 0 Å². The Hall–Kier alpha value is -2.78. The first kappa shape index (κ1) is 31.2. The van der Waals surface area contributed by atoms with Gasteiger partial charge in [-0.15, -0.1) is 13.2 Å². The number of carbonyl (C=O) groups excluding carboxylic acids is 1. The third kappa shape index (κ3) is 9.10. The number of halogens is 3. The van der Waals surface area contributed by atoms with Crippen LogP contribution in [0.4, 0.5) is 13.2 Å². The lowest BCUT2D eigenvalue weighted by atomic mass is 9.67. The van der Waals surface area contributed by atoms with Crippen molar-refractivity contribution in [3.05, 3.63) is 59.7 Å². The van der Waals surface area contributed by atoms with Crippen molar-refractivity contribution in [1.82, 2.24) is 5.32 Å². The molecule has 6 nitrogen and oxygen atoms in total. The second-order valence-corrected chi connectivity index (χ2v) is 11.8. The molecule has 9 heteroatoms. The van der Waals surface area contributed by atoms with Crippen LogP contribution in [0.3, 0.4) is 0 Å². The summed E-state index contributed by atoms with van der Waals surface area (Å²) in [5.74, 6) is 0.507. The maximum Gasteiger partial charge on any atom is 0.573 e. The Morgan fingerprint density at radius 2 is 1.66 bits per heavy atom. The van der Waals surface area contributed by atoms with Crippen molar-refractivity contribution in [3.63, 3.8) is 0 Å². The molecular weight excluding hydrogens is 535 g/mol. The SMILES string of the molecule is CCOC(=O)C1CCC(Oc2ccc(CNCCC3(c4ccc(OC(F)(F)F)cc4)CCOC(C)(C)C3)cc2)CC1. The number of ether oxygens (including phenoxy) is 4. The molecule has 1 N–H and O–H groups in total. The standard InChI is InChI=1S/C32H42F3NO5/c1-4-38-29(37)24-7-13-27(14-8-24)40-26-11-5-23(6-12-26)21-36-19-17-31(18-20-39-30(2,3)22-31)25-9-15-28(16-10-25)41-32(33,34)35/h5-6,9-12,15-16,24,27,36H,4,7-8,13-14,17-22H2,1-3H3. The zero-order chi connectivity index (χ0) is 29.5. The Morgan fingerprint density at radius 1 is 1.00 bits per heavy atom. The molecular formula is C32H42F3NO5. The van der Waals surface area contributed by atoms with Crippen LogP contribution in [-0.2, 0) is 26.2 Å². The maximum atomic E-state index is 12.6. The van der Waals surface area contributed by atoms with E-state index in [1.54, 1.807) is 12.1 Å². The molecule has 0 aromatic heterocycles. The fraction of sp³-hybridized carbons (Fsp3) is 0.594. The van der Waals surface area contributed by atoms with Crippen LogP contribution in [0.2, 0.25) is 0 Å². The third-order valence-electron chi connectivity index (χ3n) is 8.17. The molecule has 0 amide bonds.